The Labute approximate surface area is 152 Å². The summed E-state index contributed by atoms with van der Waals surface area (Å²) in [5.74, 6) is -0.311. The van der Waals surface area contributed by atoms with E-state index in [-0.39, 0.29) is 18.1 Å². The maximum Gasteiger partial charge on any atom is 0.270 e. The molecule has 0 unspecified atom stereocenters. The number of hydrogen-bond acceptors (Lipinski definition) is 4. The summed E-state index contributed by atoms with van der Waals surface area (Å²) in [5.41, 5.74) is 6.52. The zero-order chi connectivity index (χ0) is 17.5. The molecule has 1 heterocycles. The van der Waals surface area contributed by atoms with Crippen LogP contribution in [0.3, 0.4) is 0 Å². The highest BCUT2D eigenvalue weighted by Gasteiger charge is 2.21. The van der Waals surface area contributed by atoms with Gasteiger partial charge in [-0.2, -0.15) is 0 Å². The quantitative estimate of drug-likeness (QED) is 0.573. The average molecular weight is 369 g/mol. The zero-order valence-corrected chi connectivity index (χ0v) is 15.0. The van der Waals surface area contributed by atoms with E-state index in [2.05, 4.69) is 4.90 Å². The van der Waals surface area contributed by atoms with E-state index in [0.29, 0.717) is 22.2 Å². The Morgan fingerprint density at radius 2 is 1.92 bits per heavy atom. The molecule has 0 radical (unpaired) electrons. The highest BCUT2D eigenvalue weighted by atomic mass is 35.5. The van der Waals surface area contributed by atoms with E-state index in [4.69, 9.17) is 34.3 Å². The largest absolute Gasteiger partial charge is 0.394 e. The molecule has 7 heteroatoms. The van der Waals surface area contributed by atoms with Gasteiger partial charge in [-0.15, -0.1) is 0 Å². The Hall–Kier alpha value is -1.56. The number of nitrogens with two attached hydrogens (primary N) is 1. The summed E-state index contributed by atoms with van der Waals surface area (Å²) in [6.07, 6.45) is 4.69. The number of nitrogens with one attached hydrogen (secondary N) is 1. The van der Waals surface area contributed by atoms with Crippen molar-refractivity contribution in [1.29, 1.82) is 5.41 Å². The van der Waals surface area contributed by atoms with E-state index in [1.54, 1.807) is 23.1 Å². The van der Waals surface area contributed by atoms with Gasteiger partial charge in [0, 0.05) is 41.5 Å². The van der Waals surface area contributed by atoms with Crippen molar-refractivity contribution in [3.63, 3.8) is 0 Å². The number of benzene rings is 1. The van der Waals surface area contributed by atoms with Crippen molar-refractivity contribution in [3.8, 4) is 0 Å². The van der Waals surface area contributed by atoms with Crippen LogP contribution in [0, 0.1) is 5.41 Å². The Morgan fingerprint density at radius 3 is 2.50 bits per heavy atom. The molecule has 130 valence electrons. The zero-order valence-electron chi connectivity index (χ0n) is 13.5. The molecule has 0 saturated carbocycles. The molecule has 0 aromatic heterocycles. The number of rotatable bonds is 7. The molecule has 0 aliphatic carbocycles. The molecule has 2 rings (SSSR count). The minimum Gasteiger partial charge on any atom is -0.394 e. The summed E-state index contributed by atoms with van der Waals surface area (Å²) in [5, 5.41) is 8.14. The molecule has 0 bridgehead atoms. The van der Waals surface area contributed by atoms with E-state index in [1.165, 1.54) is 18.9 Å². The average Bonchev–Trinajstić information content (AvgIpc) is 3.07. The minimum absolute atomic E-state index is 0.0367. The molecule has 1 aromatic rings. The number of nitrogens with zero attached hydrogens (tertiary/aromatic N) is 2. The van der Waals surface area contributed by atoms with Crippen LogP contribution in [0.1, 0.15) is 18.4 Å². The van der Waals surface area contributed by atoms with Crippen LogP contribution >= 0.6 is 23.2 Å². The number of allylic oxidation sites excluding steroid dienone is 1. The fraction of sp³-hybridized carbons (Fsp3) is 0.412. The van der Waals surface area contributed by atoms with Crippen molar-refractivity contribution in [2.24, 2.45) is 5.73 Å². The van der Waals surface area contributed by atoms with Crippen molar-refractivity contribution in [2.45, 2.75) is 19.4 Å². The van der Waals surface area contributed by atoms with E-state index in [1.807, 2.05) is 0 Å². The lowest BCUT2D eigenvalue weighted by Gasteiger charge is -2.26. The number of carbonyl (C=O) groups is 1. The highest BCUT2D eigenvalue weighted by molar-refractivity contribution is 6.36. The topological polar surface area (TPSA) is 73.4 Å². The molecule has 1 fully saturated rings. The normalized spacial score (nSPS) is 15.5. The van der Waals surface area contributed by atoms with Crippen LogP contribution in [0.15, 0.2) is 30.0 Å². The van der Waals surface area contributed by atoms with Crippen LogP contribution < -0.4 is 5.73 Å². The molecule has 1 saturated heterocycles. The number of hydrogen-bond donors (Lipinski definition) is 2. The monoisotopic (exact) mass is 368 g/mol. The summed E-state index contributed by atoms with van der Waals surface area (Å²) in [4.78, 5) is 16.6. The molecule has 0 atom stereocenters. The van der Waals surface area contributed by atoms with Crippen molar-refractivity contribution < 1.29 is 4.79 Å². The Bertz CT molecular complexity index is 607. The van der Waals surface area contributed by atoms with Crippen molar-refractivity contribution >= 4 is 35.3 Å². The standard InChI is InChI=1S/C17H22Cl2N4O/c18-14-4-3-5-15(19)13(14)12-23(17(24)16(21)6-7-20)11-10-22-8-1-2-9-22/h3-7,20H,1-2,8-12,21H2/b16-6-,20-7?. The van der Waals surface area contributed by atoms with Crippen molar-refractivity contribution in [1.82, 2.24) is 9.80 Å². The van der Waals surface area contributed by atoms with Crippen molar-refractivity contribution in [2.75, 3.05) is 26.2 Å². The third-order valence-corrected chi connectivity index (χ3v) is 4.80. The van der Waals surface area contributed by atoms with Crippen LogP contribution in [0.25, 0.3) is 0 Å². The third-order valence-electron chi connectivity index (χ3n) is 4.09. The predicted molar refractivity (Wildman–Crippen MR) is 98.6 cm³/mol. The fourth-order valence-electron chi connectivity index (χ4n) is 2.74. The molecular formula is C17H22Cl2N4O. The smallest absolute Gasteiger partial charge is 0.270 e. The number of amides is 1. The number of halogens is 2. The van der Waals surface area contributed by atoms with E-state index in [9.17, 15) is 4.79 Å². The van der Waals surface area contributed by atoms with Crippen molar-refractivity contribution in [3.05, 3.63) is 45.6 Å². The van der Waals surface area contributed by atoms with Gasteiger partial charge >= 0.3 is 0 Å². The van der Waals surface area contributed by atoms with Gasteiger partial charge in [0.15, 0.2) is 0 Å². The van der Waals surface area contributed by atoms with Gasteiger partial charge < -0.3 is 20.9 Å². The summed E-state index contributed by atoms with van der Waals surface area (Å²) < 4.78 is 0. The maximum absolute atomic E-state index is 12.6. The van der Waals surface area contributed by atoms with E-state index in [0.717, 1.165) is 25.8 Å². The lowest BCUT2D eigenvalue weighted by molar-refractivity contribution is -0.128. The van der Waals surface area contributed by atoms with Gasteiger partial charge in [0.2, 0.25) is 0 Å². The molecule has 24 heavy (non-hydrogen) atoms. The van der Waals surface area contributed by atoms with Gasteiger partial charge in [-0.25, -0.2) is 0 Å². The first-order chi connectivity index (χ1) is 11.5. The van der Waals surface area contributed by atoms with Crippen LogP contribution in [-0.2, 0) is 11.3 Å². The summed E-state index contributed by atoms with van der Waals surface area (Å²) >= 11 is 12.5. The first-order valence-electron chi connectivity index (χ1n) is 7.93. The summed E-state index contributed by atoms with van der Waals surface area (Å²) in [7, 11) is 0. The molecular weight excluding hydrogens is 347 g/mol. The molecule has 1 aromatic carbocycles. The third kappa shape index (κ3) is 4.97. The second kappa shape index (κ2) is 9.06. The fourth-order valence-corrected chi connectivity index (χ4v) is 3.26. The molecule has 0 spiro atoms. The van der Waals surface area contributed by atoms with Crippen LogP contribution in [0.4, 0.5) is 0 Å². The summed E-state index contributed by atoms with van der Waals surface area (Å²) in [6.45, 7) is 3.72. The van der Waals surface area contributed by atoms with E-state index >= 15 is 0 Å². The molecule has 3 N–H and O–H groups in total. The van der Waals surface area contributed by atoms with E-state index < -0.39 is 0 Å². The van der Waals surface area contributed by atoms with Gasteiger partial charge in [-0.05, 0) is 44.1 Å². The van der Waals surface area contributed by atoms with Gasteiger partial charge in [0.25, 0.3) is 5.91 Å². The summed E-state index contributed by atoms with van der Waals surface area (Å²) in [6, 6.07) is 5.28. The molecule has 1 aliphatic heterocycles. The maximum atomic E-state index is 12.6. The number of likely N-dealkylation sites (tertiary alicyclic amines) is 1. The van der Waals surface area contributed by atoms with Crippen LogP contribution in [0.2, 0.25) is 10.0 Å². The Kier molecular flexibility index (Phi) is 7.09. The highest BCUT2D eigenvalue weighted by Crippen LogP contribution is 2.26. The van der Waals surface area contributed by atoms with Gasteiger partial charge in [0.05, 0.1) is 5.70 Å². The first-order valence-corrected chi connectivity index (χ1v) is 8.69. The predicted octanol–water partition coefficient (Wildman–Crippen LogP) is 2.91. The first kappa shape index (κ1) is 18.8. The lowest BCUT2D eigenvalue weighted by atomic mass is 10.2. The van der Waals surface area contributed by atoms with Gasteiger partial charge in [-0.1, -0.05) is 29.3 Å². The van der Waals surface area contributed by atoms with Gasteiger partial charge in [0.1, 0.15) is 0 Å². The molecule has 1 aliphatic rings. The SMILES string of the molecule is N=C/C=C(\N)C(=O)N(CCN1CCCC1)Cc1c(Cl)cccc1Cl. The lowest BCUT2D eigenvalue weighted by Crippen LogP contribution is -2.39. The van der Waals surface area contributed by atoms with Crippen LogP contribution in [-0.4, -0.2) is 48.1 Å². The van der Waals surface area contributed by atoms with Gasteiger partial charge in [-0.3, -0.25) is 4.79 Å². The Morgan fingerprint density at radius 1 is 1.29 bits per heavy atom. The second-order valence-electron chi connectivity index (χ2n) is 5.76. The molecule has 1 amide bonds. The second-order valence-corrected chi connectivity index (χ2v) is 6.58. The van der Waals surface area contributed by atoms with Crippen LogP contribution in [0.5, 0.6) is 0 Å². The number of carbonyl (C=O) groups excluding carboxylic acids is 1. The Balaban J connectivity index is 2.16. The minimum atomic E-state index is -0.311. The molecule has 5 nitrogen and oxygen atoms in total.